The number of aliphatic hydroxyl groups is 2. The first-order valence-electron chi connectivity index (χ1n) is 8.36. The van der Waals surface area contributed by atoms with Crippen LogP contribution in [-0.4, -0.2) is 56.5 Å². The van der Waals surface area contributed by atoms with Gasteiger partial charge in [-0.05, 0) is 38.5 Å². The summed E-state index contributed by atoms with van der Waals surface area (Å²) < 4.78 is 0. The largest absolute Gasteiger partial charge is 0.465 e. The van der Waals surface area contributed by atoms with E-state index in [-0.39, 0.29) is 13.0 Å². The summed E-state index contributed by atoms with van der Waals surface area (Å²) in [5, 5.41) is 32.2. The van der Waals surface area contributed by atoms with E-state index in [2.05, 4.69) is 17.2 Å². The van der Waals surface area contributed by atoms with E-state index >= 15 is 0 Å². The quantitative estimate of drug-likeness (QED) is 0.601. The van der Waals surface area contributed by atoms with Gasteiger partial charge in [0.05, 0.1) is 24.3 Å². The van der Waals surface area contributed by atoms with E-state index in [1.807, 2.05) is 0 Å². The number of hydrogen-bond donors (Lipinski definition) is 4. The number of rotatable bonds is 4. The maximum Gasteiger partial charge on any atom is 0.408 e. The van der Waals surface area contributed by atoms with Gasteiger partial charge >= 0.3 is 6.09 Å². The highest BCUT2D eigenvalue weighted by Crippen LogP contribution is 2.27. The second-order valence-electron chi connectivity index (χ2n) is 6.93. The van der Waals surface area contributed by atoms with Crippen LogP contribution in [0.5, 0.6) is 0 Å². The number of aliphatic hydroxyl groups excluding tert-OH is 1. The molecule has 0 aliphatic carbocycles. The maximum absolute atomic E-state index is 12.6. The van der Waals surface area contributed by atoms with E-state index in [1.165, 1.54) is 0 Å². The van der Waals surface area contributed by atoms with Crippen LogP contribution in [-0.2, 0) is 4.79 Å². The second kappa shape index (κ2) is 7.77. The third-order valence-electron chi connectivity index (χ3n) is 4.33. The lowest BCUT2D eigenvalue weighted by atomic mass is 9.91. The topological polar surface area (TPSA) is 110 Å². The summed E-state index contributed by atoms with van der Waals surface area (Å²) in [5.41, 5.74) is 0.208. The Morgan fingerprint density at radius 2 is 1.92 bits per heavy atom. The number of nitrogens with zero attached hydrogens (tertiary/aromatic N) is 1. The molecule has 3 atom stereocenters. The number of amides is 2. The van der Waals surface area contributed by atoms with Crippen LogP contribution in [0.3, 0.4) is 0 Å². The zero-order chi connectivity index (χ0) is 19.5. The van der Waals surface area contributed by atoms with Crippen LogP contribution >= 0.6 is 0 Å². The van der Waals surface area contributed by atoms with Gasteiger partial charge in [0.25, 0.3) is 0 Å². The molecule has 7 heteroatoms. The minimum atomic E-state index is -1.28. The van der Waals surface area contributed by atoms with Crippen LogP contribution in [0.25, 0.3) is 0 Å². The van der Waals surface area contributed by atoms with Crippen LogP contribution in [0.1, 0.15) is 44.4 Å². The number of carbonyl (C=O) groups is 2. The smallest absolute Gasteiger partial charge is 0.408 e. The summed E-state index contributed by atoms with van der Waals surface area (Å²) in [4.78, 5) is 24.8. The van der Waals surface area contributed by atoms with Gasteiger partial charge in [-0.1, -0.05) is 18.1 Å². The molecule has 2 amide bonds. The van der Waals surface area contributed by atoms with Crippen LogP contribution in [0.4, 0.5) is 4.79 Å². The van der Waals surface area contributed by atoms with E-state index < -0.39 is 35.8 Å². The van der Waals surface area contributed by atoms with E-state index in [1.54, 1.807) is 45.0 Å². The number of hydrogen-bond acceptors (Lipinski definition) is 4. The van der Waals surface area contributed by atoms with E-state index in [0.29, 0.717) is 5.56 Å². The summed E-state index contributed by atoms with van der Waals surface area (Å²) in [6, 6.07) is 5.38. The van der Waals surface area contributed by atoms with Gasteiger partial charge < -0.3 is 20.6 Å². The molecule has 0 radical (unpaired) electrons. The van der Waals surface area contributed by atoms with Gasteiger partial charge in [-0.2, -0.15) is 0 Å². The molecular formula is C19H24N2O5. The van der Waals surface area contributed by atoms with Crippen LogP contribution in [0.2, 0.25) is 0 Å². The fraction of sp³-hybridized carbons (Fsp3) is 0.474. The Labute approximate surface area is 152 Å². The highest BCUT2D eigenvalue weighted by molar-refractivity contribution is 5.86. The molecule has 1 aromatic carbocycles. The molecule has 26 heavy (non-hydrogen) atoms. The van der Waals surface area contributed by atoms with Crippen LogP contribution in [0.15, 0.2) is 24.3 Å². The molecular weight excluding hydrogens is 336 g/mol. The van der Waals surface area contributed by atoms with Crippen molar-refractivity contribution in [1.29, 1.82) is 0 Å². The van der Waals surface area contributed by atoms with Crippen molar-refractivity contribution in [2.75, 3.05) is 6.54 Å². The number of carbonyl (C=O) groups excluding carboxylic acids is 1. The molecule has 2 rings (SSSR count). The Balaban J connectivity index is 2.23. The highest BCUT2D eigenvalue weighted by atomic mass is 16.4. The molecule has 1 aliphatic heterocycles. The molecule has 140 valence electrons. The van der Waals surface area contributed by atoms with Crippen molar-refractivity contribution < 1.29 is 24.9 Å². The molecule has 0 aromatic heterocycles. The van der Waals surface area contributed by atoms with Gasteiger partial charge in [-0.25, -0.2) is 4.79 Å². The van der Waals surface area contributed by atoms with Crippen molar-refractivity contribution in [3.63, 3.8) is 0 Å². The number of benzene rings is 1. The molecule has 0 unspecified atom stereocenters. The average Bonchev–Trinajstić information content (AvgIpc) is 2.95. The standard InChI is InChI=1S/C19H24N2O5/c1-4-5-12-6-8-13(9-7-12)16(19(2,3)26)20-17(23)15-10-14(22)11-21(15)18(24)25/h6-9,14-16,22,26H,10-11H2,1-3H3,(H,20,23)(H,24,25)/t14-,15+,16-/m1/s1. The first-order chi connectivity index (χ1) is 12.1. The van der Waals surface area contributed by atoms with E-state index in [4.69, 9.17) is 0 Å². The molecule has 0 bridgehead atoms. The van der Waals surface area contributed by atoms with Crippen molar-refractivity contribution >= 4 is 12.0 Å². The summed E-state index contributed by atoms with van der Waals surface area (Å²) in [6.07, 6.45) is -2.11. The average molecular weight is 360 g/mol. The Kier molecular flexibility index (Phi) is 5.90. The number of nitrogens with one attached hydrogen (secondary N) is 1. The SMILES string of the molecule is CC#Cc1ccc([C@@H](NC(=O)[C@@H]2C[C@@H](O)CN2C(=O)O)C(C)(C)O)cc1. The van der Waals surface area contributed by atoms with Gasteiger partial charge in [-0.3, -0.25) is 9.69 Å². The summed E-state index contributed by atoms with van der Waals surface area (Å²) >= 11 is 0. The number of likely N-dealkylation sites (tertiary alicyclic amines) is 1. The van der Waals surface area contributed by atoms with Crippen molar-refractivity contribution in [2.24, 2.45) is 0 Å². The fourth-order valence-corrected chi connectivity index (χ4v) is 3.08. The zero-order valence-electron chi connectivity index (χ0n) is 15.1. The van der Waals surface area contributed by atoms with Crippen LogP contribution in [0, 0.1) is 11.8 Å². The molecule has 4 N–H and O–H groups in total. The molecule has 0 saturated carbocycles. The van der Waals surface area contributed by atoms with Gasteiger partial charge in [0, 0.05) is 12.0 Å². The Morgan fingerprint density at radius 3 is 2.42 bits per heavy atom. The van der Waals surface area contributed by atoms with E-state index in [0.717, 1.165) is 10.5 Å². The summed E-state index contributed by atoms with van der Waals surface area (Å²) in [7, 11) is 0. The van der Waals surface area contributed by atoms with Crippen LogP contribution < -0.4 is 5.32 Å². The third-order valence-corrected chi connectivity index (χ3v) is 4.33. The predicted molar refractivity (Wildman–Crippen MR) is 95.3 cm³/mol. The van der Waals surface area contributed by atoms with Crippen molar-refractivity contribution in [2.45, 2.75) is 51.0 Å². The first kappa shape index (κ1) is 19.8. The van der Waals surface area contributed by atoms with Crippen molar-refractivity contribution in [1.82, 2.24) is 10.2 Å². The molecule has 1 saturated heterocycles. The normalized spacial score (nSPS) is 20.9. The molecule has 1 fully saturated rings. The van der Waals surface area contributed by atoms with Crippen molar-refractivity contribution in [3.8, 4) is 11.8 Å². The Morgan fingerprint density at radius 1 is 1.31 bits per heavy atom. The minimum absolute atomic E-state index is 0.0295. The Hall–Kier alpha value is -2.56. The second-order valence-corrected chi connectivity index (χ2v) is 6.93. The number of β-amino-alcohol motifs (C(OH)–C–C–N with tert-alkyl or cyclic N) is 1. The molecule has 1 heterocycles. The van der Waals surface area contributed by atoms with Gasteiger partial charge in [-0.15, -0.1) is 5.92 Å². The lowest BCUT2D eigenvalue weighted by molar-refractivity contribution is -0.127. The highest BCUT2D eigenvalue weighted by Gasteiger charge is 2.41. The molecule has 1 aliphatic rings. The minimum Gasteiger partial charge on any atom is -0.465 e. The third kappa shape index (κ3) is 4.54. The first-order valence-corrected chi connectivity index (χ1v) is 8.36. The van der Waals surface area contributed by atoms with Crippen molar-refractivity contribution in [3.05, 3.63) is 35.4 Å². The lowest BCUT2D eigenvalue weighted by Crippen LogP contribution is -2.50. The molecule has 7 nitrogen and oxygen atoms in total. The van der Waals surface area contributed by atoms with Gasteiger partial charge in [0.1, 0.15) is 6.04 Å². The lowest BCUT2D eigenvalue weighted by Gasteiger charge is -2.32. The maximum atomic E-state index is 12.6. The zero-order valence-corrected chi connectivity index (χ0v) is 15.1. The monoisotopic (exact) mass is 360 g/mol. The fourth-order valence-electron chi connectivity index (χ4n) is 3.08. The molecule has 0 spiro atoms. The number of carboxylic acid groups (broad SMARTS) is 1. The predicted octanol–water partition coefficient (Wildman–Crippen LogP) is 1.10. The Bertz CT molecular complexity index is 727. The molecule has 1 aromatic rings. The van der Waals surface area contributed by atoms with Gasteiger partial charge in [0.15, 0.2) is 0 Å². The summed E-state index contributed by atoms with van der Waals surface area (Å²) in [6.45, 7) is 4.76. The van der Waals surface area contributed by atoms with Gasteiger partial charge in [0.2, 0.25) is 5.91 Å². The summed E-state index contributed by atoms with van der Waals surface area (Å²) in [5.74, 6) is 5.17. The van der Waals surface area contributed by atoms with E-state index in [9.17, 15) is 24.9 Å².